The van der Waals surface area contributed by atoms with Gasteiger partial charge in [0, 0.05) is 11.1 Å². The van der Waals surface area contributed by atoms with Crippen LogP contribution in [0.3, 0.4) is 0 Å². The van der Waals surface area contributed by atoms with Crippen LogP contribution in [-0.2, 0) is 22.6 Å². The molecule has 4 rings (SSSR count). The molecule has 0 saturated heterocycles. The zero-order valence-electron chi connectivity index (χ0n) is 18.2. The third-order valence-corrected chi connectivity index (χ3v) is 5.75. The van der Waals surface area contributed by atoms with E-state index in [9.17, 15) is 19.1 Å². The van der Waals surface area contributed by atoms with Crippen molar-refractivity contribution in [2.75, 3.05) is 0 Å². The van der Waals surface area contributed by atoms with Gasteiger partial charge in [-0.3, -0.25) is 9.59 Å². The number of carboxylic acids is 1. The number of amides is 1. The molecule has 3 aromatic rings. The lowest BCUT2D eigenvalue weighted by Crippen LogP contribution is -2.32. The number of fused-ring (bicyclic) bond motifs is 6. The Hall–Kier alpha value is -3.74. The number of halogens is 2. The average molecular weight is 451 g/mol. The van der Waals surface area contributed by atoms with Crippen LogP contribution in [-0.4, -0.2) is 17.0 Å². The van der Waals surface area contributed by atoms with Crippen molar-refractivity contribution >= 4 is 11.9 Å². The first kappa shape index (κ1) is 22.5. The molecular weight excluding hydrogens is 428 g/mol. The maximum Gasteiger partial charge on any atom is 0.305 e. The molecule has 0 unspecified atom stereocenters. The smallest absolute Gasteiger partial charge is 0.305 e. The molecule has 2 N–H and O–H groups in total. The van der Waals surface area contributed by atoms with Gasteiger partial charge in [-0.15, -0.1) is 0 Å². The van der Waals surface area contributed by atoms with Crippen molar-refractivity contribution in [3.05, 3.63) is 88.0 Å². The fourth-order valence-electron chi connectivity index (χ4n) is 4.17. The molecule has 1 heterocycles. The molecule has 0 aliphatic carbocycles. The highest BCUT2D eigenvalue weighted by molar-refractivity contribution is 5.81. The first-order valence-corrected chi connectivity index (χ1v) is 10.5. The highest BCUT2D eigenvalue weighted by Gasteiger charge is 2.25. The van der Waals surface area contributed by atoms with Crippen LogP contribution in [0.15, 0.2) is 48.5 Å². The fraction of sp³-hybridized carbons (Fsp3) is 0.231. The Morgan fingerprint density at radius 3 is 2.67 bits per heavy atom. The summed E-state index contributed by atoms with van der Waals surface area (Å²) in [5.41, 5.74) is 3.47. The monoisotopic (exact) mass is 451 g/mol. The Labute approximate surface area is 190 Å². The van der Waals surface area contributed by atoms with Crippen molar-refractivity contribution in [2.24, 2.45) is 0 Å². The Morgan fingerprint density at radius 1 is 1.12 bits per heavy atom. The van der Waals surface area contributed by atoms with E-state index in [1.807, 2.05) is 19.1 Å². The average Bonchev–Trinajstić information content (AvgIpc) is 2.75. The van der Waals surface area contributed by atoms with E-state index in [0.29, 0.717) is 22.4 Å². The normalized spacial score (nSPS) is 15.6. The molecule has 4 bridgehead atoms. The zero-order chi connectivity index (χ0) is 23.7. The molecule has 3 aromatic carbocycles. The van der Waals surface area contributed by atoms with Gasteiger partial charge in [-0.2, -0.15) is 0 Å². The summed E-state index contributed by atoms with van der Waals surface area (Å²) in [5.74, 6) is -2.39. The second kappa shape index (κ2) is 9.02. The van der Waals surface area contributed by atoms with Crippen LogP contribution in [0.25, 0.3) is 11.1 Å². The Balaban J connectivity index is 1.94. The van der Waals surface area contributed by atoms with Crippen LogP contribution >= 0.6 is 0 Å². The van der Waals surface area contributed by atoms with E-state index in [1.54, 1.807) is 37.3 Å². The summed E-state index contributed by atoms with van der Waals surface area (Å²) >= 11 is 0. The molecule has 1 aliphatic rings. The predicted octanol–water partition coefficient (Wildman–Crippen LogP) is 5.02. The zero-order valence-corrected chi connectivity index (χ0v) is 18.2. The van der Waals surface area contributed by atoms with Crippen molar-refractivity contribution in [1.29, 1.82) is 0 Å². The summed E-state index contributed by atoms with van der Waals surface area (Å²) in [7, 11) is 0. The van der Waals surface area contributed by atoms with Crippen molar-refractivity contribution in [3.8, 4) is 16.9 Å². The van der Waals surface area contributed by atoms with Gasteiger partial charge in [0.1, 0.15) is 24.0 Å². The van der Waals surface area contributed by atoms with Crippen LogP contribution in [0, 0.1) is 25.5 Å². The highest BCUT2D eigenvalue weighted by Crippen LogP contribution is 2.37. The van der Waals surface area contributed by atoms with Gasteiger partial charge in [0.05, 0.1) is 18.9 Å². The van der Waals surface area contributed by atoms with Crippen molar-refractivity contribution in [1.82, 2.24) is 5.32 Å². The largest absolute Gasteiger partial charge is 0.488 e. The molecule has 0 radical (unpaired) electrons. The van der Waals surface area contributed by atoms with Gasteiger partial charge in [0.25, 0.3) is 0 Å². The van der Waals surface area contributed by atoms with E-state index in [2.05, 4.69) is 5.32 Å². The molecule has 7 heteroatoms. The number of rotatable bonds is 2. The number of carbonyl (C=O) groups is 2. The Bertz CT molecular complexity index is 1260. The molecule has 33 heavy (non-hydrogen) atoms. The van der Waals surface area contributed by atoms with Crippen LogP contribution < -0.4 is 10.1 Å². The van der Waals surface area contributed by atoms with Crippen LogP contribution in [0.2, 0.25) is 0 Å². The standard InChI is InChI=1S/C26H23F2NO4/c1-14-4-3-5-22-25(14)18-8-15(2)26(28)19(10-18)21(12-24(31)32)29-23(30)11-17-9-16(13-33-22)6-7-20(17)27/h3-10,21H,11-13H2,1-2H3,(H,29,30)(H,31,32)/t21-/m0/s1. The summed E-state index contributed by atoms with van der Waals surface area (Å²) in [4.78, 5) is 24.3. The van der Waals surface area contributed by atoms with Gasteiger partial charge in [-0.05, 0) is 72.0 Å². The minimum atomic E-state index is -1.20. The molecule has 1 aliphatic heterocycles. The van der Waals surface area contributed by atoms with Crippen LogP contribution in [0.1, 0.15) is 40.3 Å². The minimum absolute atomic E-state index is 0.0567. The number of aryl methyl sites for hydroxylation is 2. The lowest BCUT2D eigenvalue weighted by Gasteiger charge is -2.22. The number of hydrogen-bond acceptors (Lipinski definition) is 3. The number of benzene rings is 3. The van der Waals surface area contributed by atoms with Gasteiger partial charge in [0.2, 0.25) is 5.91 Å². The molecular formula is C26H23F2NO4. The van der Waals surface area contributed by atoms with Gasteiger partial charge in [-0.25, -0.2) is 8.78 Å². The van der Waals surface area contributed by atoms with E-state index in [-0.39, 0.29) is 24.2 Å². The summed E-state index contributed by atoms with van der Waals surface area (Å²) < 4.78 is 35.6. The third kappa shape index (κ3) is 4.72. The summed E-state index contributed by atoms with van der Waals surface area (Å²) in [5, 5.41) is 12.0. The molecule has 5 nitrogen and oxygen atoms in total. The Morgan fingerprint density at radius 2 is 1.91 bits per heavy atom. The van der Waals surface area contributed by atoms with Gasteiger partial charge in [0.15, 0.2) is 0 Å². The second-order valence-corrected chi connectivity index (χ2v) is 8.25. The van der Waals surface area contributed by atoms with Crippen molar-refractivity contribution in [2.45, 2.75) is 39.3 Å². The SMILES string of the molecule is Cc1cc2cc(c1F)[C@H](CC(=O)O)NC(=O)Cc1cc(ccc1F)COc1cccc(C)c1-2. The molecule has 0 fully saturated rings. The third-order valence-electron chi connectivity index (χ3n) is 5.75. The van der Waals surface area contributed by atoms with Gasteiger partial charge >= 0.3 is 5.97 Å². The van der Waals surface area contributed by atoms with Gasteiger partial charge < -0.3 is 15.2 Å². The minimum Gasteiger partial charge on any atom is -0.488 e. The van der Waals surface area contributed by atoms with Crippen LogP contribution in [0.5, 0.6) is 5.75 Å². The fourth-order valence-corrected chi connectivity index (χ4v) is 4.17. The predicted molar refractivity (Wildman–Crippen MR) is 119 cm³/mol. The molecule has 170 valence electrons. The first-order chi connectivity index (χ1) is 15.7. The first-order valence-electron chi connectivity index (χ1n) is 10.5. The lowest BCUT2D eigenvalue weighted by molar-refractivity contribution is -0.137. The number of hydrogen-bond donors (Lipinski definition) is 2. The molecule has 1 amide bonds. The molecule has 1 atom stereocenters. The molecule has 0 spiro atoms. The molecule has 0 aromatic heterocycles. The van der Waals surface area contributed by atoms with Gasteiger partial charge in [-0.1, -0.05) is 18.2 Å². The van der Waals surface area contributed by atoms with E-state index in [1.165, 1.54) is 6.07 Å². The number of ether oxygens (including phenoxy) is 1. The quantitative estimate of drug-likeness (QED) is 0.574. The second-order valence-electron chi connectivity index (χ2n) is 8.25. The highest BCUT2D eigenvalue weighted by atomic mass is 19.1. The van der Waals surface area contributed by atoms with Crippen molar-refractivity contribution < 1.29 is 28.2 Å². The van der Waals surface area contributed by atoms with Crippen molar-refractivity contribution in [3.63, 3.8) is 0 Å². The van der Waals surface area contributed by atoms with Crippen LogP contribution in [0.4, 0.5) is 8.78 Å². The number of carbonyl (C=O) groups excluding carboxylic acids is 1. The lowest BCUT2D eigenvalue weighted by atomic mass is 9.92. The summed E-state index contributed by atoms with van der Waals surface area (Å²) in [6.07, 6.45) is -0.836. The summed E-state index contributed by atoms with van der Waals surface area (Å²) in [6.45, 7) is 3.64. The summed E-state index contributed by atoms with van der Waals surface area (Å²) in [6, 6.07) is 12.0. The topological polar surface area (TPSA) is 75.6 Å². The number of carboxylic acid groups (broad SMARTS) is 1. The van der Waals surface area contributed by atoms with E-state index in [4.69, 9.17) is 4.74 Å². The maximum atomic E-state index is 15.2. The number of aliphatic carboxylic acids is 1. The molecule has 0 saturated carbocycles. The van der Waals surface area contributed by atoms with E-state index < -0.39 is 36.0 Å². The Kier molecular flexibility index (Phi) is 6.14. The van der Waals surface area contributed by atoms with E-state index >= 15 is 4.39 Å². The van der Waals surface area contributed by atoms with E-state index in [0.717, 1.165) is 11.1 Å². The maximum absolute atomic E-state index is 15.2. The number of nitrogens with one attached hydrogen (secondary N) is 1.